The molecule has 0 aliphatic carbocycles. The van der Waals surface area contributed by atoms with Crippen molar-refractivity contribution in [3.63, 3.8) is 0 Å². The lowest BCUT2D eigenvalue weighted by atomic mass is 10.3. The van der Waals surface area contributed by atoms with Gasteiger partial charge in [0.15, 0.2) is 0 Å². The van der Waals surface area contributed by atoms with Gasteiger partial charge in [0.1, 0.15) is 11.6 Å². The largest absolute Gasteiger partial charge is 0.495 e. The van der Waals surface area contributed by atoms with E-state index in [1.165, 1.54) is 24.9 Å². The molecule has 4 nitrogen and oxygen atoms in total. The summed E-state index contributed by atoms with van der Waals surface area (Å²) in [4.78, 5) is 14.7. The maximum atomic E-state index is 13.5. The maximum Gasteiger partial charge on any atom is 0.238 e. The van der Waals surface area contributed by atoms with E-state index in [0.29, 0.717) is 33.7 Å². The second-order valence-electron chi connectivity index (χ2n) is 5.41. The Balaban J connectivity index is 1.80. The molecule has 0 fully saturated rings. The molecule has 2 rings (SSSR count). The average molecular weight is 383 g/mol. The number of nitrogens with zero attached hydrogens (tertiary/aromatic N) is 1. The Kier molecular flexibility index (Phi) is 7.55. The van der Waals surface area contributed by atoms with E-state index >= 15 is 0 Å². The third-order valence-corrected chi connectivity index (χ3v) is 4.68. The zero-order chi connectivity index (χ0) is 18.2. The fourth-order valence-electron chi connectivity index (χ4n) is 2.17. The number of thioether (sulfide) groups is 1. The first-order chi connectivity index (χ1) is 12.0. The topological polar surface area (TPSA) is 41.6 Å². The molecule has 0 unspecified atom stereocenters. The van der Waals surface area contributed by atoms with Crippen LogP contribution in [0.1, 0.15) is 0 Å². The molecule has 0 heterocycles. The van der Waals surface area contributed by atoms with Crippen LogP contribution in [0, 0.1) is 5.82 Å². The number of likely N-dealkylation sites (N-methyl/N-ethyl adjacent to an activating group) is 1. The average Bonchev–Trinajstić information content (AvgIpc) is 2.56. The summed E-state index contributed by atoms with van der Waals surface area (Å²) >= 11 is 7.38. The van der Waals surface area contributed by atoms with Crippen LogP contribution in [0.2, 0.25) is 5.02 Å². The zero-order valence-electron chi connectivity index (χ0n) is 14.1. The monoisotopic (exact) mass is 382 g/mol. The molecule has 0 atom stereocenters. The molecule has 1 N–H and O–H groups in total. The number of nitrogens with one attached hydrogen (secondary N) is 1. The van der Waals surface area contributed by atoms with E-state index < -0.39 is 0 Å². The van der Waals surface area contributed by atoms with Gasteiger partial charge in [-0.05, 0) is 37.4 Å². The van der Waals surface area contributed by atoms with Crippen molar-refractivity contribution in [3.8, 4) is 5.75 Å². The number of hydrogen-bond acceptors (Lipinski definition) is 4. The van der Waals surface area contributed by atoms with Gasteiger partial charge in [-0.2, -0.15) is 0 Å². The molecule has 2 aromatic carbocycles. The molecule has 0 aliphatic heterocycles. The summed E-state index contributed by atoms with van der Waals surface area (Å²) < 4.78 is 18.8. The van der Waals surface area contributed by atoms with Gasteiger partial charge >= 0.3 is 0 Å². The summed E-state index contributed by atoms with van der Waals surface area (Å²) in [5, 5.41) is 3.31. The number of amides is 1. The SMILES string of the molecule is COc1ccc(Cl)cc1NC(=O)CN(C)CCSc1ccccc1F. The highest BCUT2D eigenvalue weighted by atomic mass is 35.5. The Bertz CT molecular complexity index is 730. The summed E-state index contributed by atoms with van der Waals surface area (Å²) in [6, 6.07) is 11.7. The summed E-state index contributed by atoms with van der Waals surface area (Å²) in [6.07, 6.45) is 0. The molecule has 0 saturated carbocycles. The molecular formula is C18H20ClFN2O2S. The van der Waals surface area contributed by atoms with E-state index in [2.05, 4.69) is 5.32 Å². The maximum absolute atomic E-state index is 13.5. The van der Waals surface area contributed by atoms with Crippen molar-refractivity contribution in [2.24, 2.45) is 0 Å². The van der Waals surface area contributed by atoms with Crippen LogP contribution in [-0.4, -0.2) is 43.8 Å². The summed E-state index contributed by atoms with van der Waals surface area (Å²) in [6.45, 7) is 0.868. The second-order valence-corrected chi connectivity index (χ2v) is 6.98. The minimum atomic E-state index is -0.221. The van der Waals surface area contributed by atoms with Crippen LogP contribution in [0.4, 0.5) is 10.1 Å². The zero-order valence-corrected chi connectivity index (χ0v) is 15.7. The third kappa shape index (κ3) is 6.23. The second kappa shape index (κ2) is 9.65. The molecule has 0 saturated heterocycles. The van der Waals surface area contributed by atoms with Gasteiger partial charge in [-0.3, -0.25) is 9.69 Å². The Morgan fingerprint density at radius 2 is 2.08 bits per heavy atom. The molecule has 0 spiro atoms. The van der Waals surface area contributed by atoms with Crippen molar-refractivity contribution in [2.75, 3.05) is 38.3 Å². The van der Waals surface area contributed by atoms with Crippen molar-refractivity contribution < 1.29 is 13.9 Å². The molecular weight excluding hydrogens is 363 g/mol. The first kappa shape index (κ1) is 19.6. The number of rotatable bonds is 8. The molecule has 0 aromatic heterocycles. The standard InChI is InChI=1S/C18H20ClFN2O2S/c1-22(9-10-25-17-6-4-3-5-14(17)20)12-18(23)21-15-11-13(19)7-8-16(15)24-2/h3-8,11H,9-10,12H2,1-2H3,(H,21,23). The smallest absolute Gasteiger partial charge is 0.238 e. The van der Waals surface area contributed by atoms with Crippen LogP contribution >= 0.6 is 23.4 Å². The van der Waals surface area contributed by atoms with Gasteiger partial charge in [-0.25, -0.2) is 4.39 Å². The lowest BCUT2D eigenvalue weighted by molar-refractivity contribution is -0.117. The molecule has 0 bridgehead atoms. The van der Waals surface area contributed by atoms with Crippen LogP contribution in [-0.2, 0) is 4.79 Å². The Morgan fingerprint density at radius 1 is 1.32 bits per heavy atom. The Hall–Kier alpha value is -1.76. The molecule has 7 heteroatoms. The number of hydrogen-bond donors (Lipinski definition) is 1. The van der Waals surface area contributed by atoms with Gasteiger partial charge in [0, 0.05) is 22.2 Å². The lowest BCUT2D eigenvalue weighted by Gasteiger charge is -2.17. The fraction of sp³-hybridized carbons (Fsp3) is 0.278. The van der Waals surface area contributed by atoms with E-state index in [9.17, 15) is 9.18 Å². The van der Waals surface area contributed by atoms with Gasteiger partial charge in [0.05, 0.1) is 19.3 Å². The van der Waals surface area contributed by atoms with E-state index in [4.69, 9.17) is 16.3 Å². The van der Waals surface area contributed by atoms with Gasteiger partial charge in [-0.15, -0.1) is 11.8 Å². The van der Waals surface area contributed by atoms with E-state index in [1.807, 2.05) is 11.9 Å². The van der Waals surface area contributed by atoms with Gasteiger partial charge in [0.2, 0.25) is 5.91 Å². The van der Waals surface area contributed by atoms with Crippen LogP contribution in [0.15, 0.2) is 47.4 Å². The van der Waals surface area contributed by atoms with E-state index in [1.54, 1.807) is 36.4 Å². The predicted molar refractivity (Wildman–Crippen MR) is 101 cm³/mol. The summed E-state index contributed by atoms with van der Waals surface area (Å²) in [5.74, 6) is 0.848. The molecule has 1 amide bonds. The number of benzene rings is 2. The Labute approximate surface area is 156 Å². The van der Waals surface area contributed by atoms with Crippen molar-refractivity contribution in [2.45, 2.75) is 4.90 Å². The van der Waals surface area contributed by atoms with Crippen LogP contribution in [0.5, 0.6) is 5.75 Å². The minimum absolute atomic E-state index is 0.168. The van der Waals surface area contributed by atoms with E-state index in [0.717, 1.165) is 0 Å². The van der Waals surface area contributed by atoms with Crippen molar-refractivity contribution >= 4 is 35.0 Å². The van der Waals surface area contributed by atoms with Crippen molar-refractivity contribution in [1.82, 2.24) is 4.90 Å². The molecule has 134 valence electrons. The fourth-order valence-corrected chi connectivity index (χ4v) is 3.34. The normalized spacial score (nSPS) is 10.8. The molecule has 0 radical (unpaired) electrons. The number of halogens is 2. The lowest BCUT2D eigenvalue weighted by Crippen LogP contribution is -2.31. The number of methoxy groups -OCH3 is 1. The number of anilines is 1. The predicted octanol–water partition coefficient (Wildman–Crippen LogP) is 4.15. The highest BCUT2D eigenvalue weighted by Crippen LogP contribution is 2.27. The third-order valence-electron chi connectivity index (χ3n) is 3.42. The summed E-state index contributed by atoms with van der Waals surface area (Å²) in [5.41, 5.74) is 0.536. The van der Waals surface area contributed by atoms with Gasteiger partial charge in [-0.1, -0.05) is 23.7 Å². The number of carbonyl (C=O) groups is 1. The highest BCUT2D eigenvalue weighted by molar-refractivity contribution is 7.99. The first-order valence-electron chi connectivity index (χ1n) is 7.69. The van der Waals surface area contributed by atoms with Crippen LogP contribution < -0.4 is 10.1 Å². The molecule has 2 aromatic rings. The minimum Gasteiger partial charge on any atom is -0.495 e. The highest BCUT2D eigenvalue weighted by Gasteiger charge is 2.11. The quantitative estimate of drug-likeness (QED) is 0.696. The van der Waals surface area contributed by atoms with Crippen molar-refractivity contribution in [3.05, 3.63) is 53.3 Å². The van der Waals surface area contributed by atoms with Crippen LogP contribution in [0.3, 0.4) is 0 Å². The van der Waals surface area contributed by atoms with Crippen LogP contribution in [0.25, 0.3) is 0 Å². The van der Waals surface area contributed by atoms with E-state index in [-0.39, 0.29) is 18.3 Å². The summed E-state index contributed by atoms with van der Waals surface area (Å²) in [7, 11) is 3.38. The van der Waals surface area contributed by atoms with Gasteiger partial charge < -0.3 is 10.1 Å². The molecule has 0 aliphatic rings. The number of ether oxygens (including phenoxy) is 1. The molecule has 25 heavy (non-hydrogen) atoms. The number of carbonyl (C=O) groups excluding carboxylic acids is 1. The first-order valence-corrected chi connectivity index (χ1v) is 9.05. The Morgan fingerprint density at radius 3 is 2.80 bits per heavy atom. The van der Waals surface area contributed by atoms with Gasteiger partial charge in [0.25, 0.3) is 0 Å². The van der Waals surface area contributed by atoms with Crippen molar-refractivity contribution in [1.29, 1.82) is 0 Å².